The maximum absolute atomic E-state index is 6.99. The van der Waals surface area contributed by atoms with E-state index in [2.05, 4.69) is 51.1 Å². The van der Waals surface area contributed by atoms with Crippen molar-refractivity contribution in [1.82, 2.24) is 0 Å². The number of unbranched alkanes of at least 4 members (excludes halogenated alkanes) is 1. The van der Waals surface area contributed by atoms with Gasteiger partial charge in [0.25, 0.3) is 0 Å². The molecule has 0 N–H and O–H groups in total. The molecule has 3 aliphatic rings. The first kappa shape index (κ1) is 26.3. The van der Waals surface area contributed by atoms with E-state index in [4.69, 9.17) is 11.6 Å². The summed E-state index contributed by atoms with van der Waals surface area (Å²) in [5.41, 5.74) is 3.05. The van der Waals surface area contributed by atoms with Crippen LogP contribution in [0.1, 0.15) is 140 Å². The largest absolute Gasteiger partial charge is 0.0892 e. The summed E-state index contributed by atoms with van der Waals surface area (Å²) in [6.07, 6.45) is 23.4. The minimum Gasteiger partial charge on any atom is -0.0892 e. The van der Waals surface area contributed by atoms with E-state index in [-0.39, 0.29) is 0 Å². The van der Waals surface area contributed by atoms with Gasteiger partial charge in [0.1, 0.15) is 0 Å². The van der Waals surface area contributed by atoms with E-state index >= 15 is 0 Å². The number of rotatable bonds is 9. The molecule has 0 saturated heterocycles. The molecule has 0 aliphatic heterocycles. The topological polar surface area (TPSA) is 0 Å². The number of hydrogen-bond donors (Lipinski definition) is 0. The number of benzene rings is 1. The van der Waals surface area contributed by atoms with Gasteiger partial charge in [0, 0.05) is 11.0 Å². The van der Waals surface area contributed by atoms with Crippen LogP contribution in [0.3, 0.4) is 0 Å². The van der Waals surface area contributed by atoms with Gasteiger partial charge in [0.15, 0.2) is 0 Å². The summed E-state index contributed by atoms with van der Waals surface area (Å²) in [7, 11) is 0. The molecule has 1 heteroatoms. The Kier molecular flexibility index (Phi) is 10.1. The highest BCUT2D eigenvalue weighted by atomic mass is 35.5. The number of allylic oxidation sites excluding steroid dienone is 2. The minimum atomic E-state index is 0.509. The Labute approximate surface area is 216 Å². The molecule has 4 rings (SSSR count). The lowest BCUT2D eigenvalue weighted by Crippen LogP contribution is -2.27. The highest BCUT2D eigenvalue weighted by molar-refractivity contribution is 6.30. The fourth-order valence-corrected chi connectivity index (χ4v) is 8.17. The summed E-state index contributed by atoms with van der Waals surface area (Å²) in [5, 5.41) is 1.16. The third-order valence-corrected chi connectivity index (χ3v) is 10.5. The van der Waals surface area contributed by atoms with E-state index < -0.39 is 0 Å². The Morgan fingerprint density at radius 3 is 1.97 bits per heavy atom. The molecule has 1 aromatic rings. The molecule has 0 aromatic heterocycles. The zero-order chi connectivity index (χ0) is 23.9. The van der Waals surface area contributed by atoms with Gasteiger partial charge in [-0.25, -0.2) is 0 Å². The first-order chi connectivity index (χ1) is 16.6. The number of halogens is 1. The lowest BCUT2D eigenvalue weighted by atomic mass is 9.68. The van der Waals surface area contributed by atoms with Gasteiger partial charge in [-0.15, -0.1) is 0 Å². The average Bonchev–Trinajstić information content (AvgIpc) is 2.88. The Morgan fingerprint density at radius 2 is 1.35 bits per heavy atom. The van der Waals surface area contributed by atoms with Crippen molar-refractivity contribution in [2.75, 3.05) is 0 Å². The molecule has 1 unspecified atom stereocenters. The van der Waals surface area contributed by atoms with Gasteiger partial charge in [-0.1, -0.05) is 108 Å². The molecular formula is C33H51Cl. The second-order valence-electron chi connectivity index (χ2n) is 12.3. The Hall–Kier alpha value is -0.750. The highest BCUT2D eigenvalue weighted by Crippen LogP contribution is 2.46. The molecule has 0 radical (unpaired) electrons. The van der Waals surface area contributed by atoms with Crippen LogP contribution in [0.5, 0.6) is 0 Å². The molecule has 0 spiro atoms. The molecule has 0 amide bonds. The summed E-state index contributed by atoms with van der Waals surface area (Å²) in [6, 6.07) is 9.71. The van der Waals surface area contributed by atoms with E-state index in [1.54, 1.807) is 5.56 Å². The van der Waals surface area contributed by atoms with Crippen LogP contribution in [0.4, 0.5) is 0 Å². The van der Waals surface area contributed by atoms with Crippen LogP contribution in [0, 0.1) is 29.6 Å². The molecule has 3 aliphatic carbocycles. The van der Waals surface area contributed by atoms with Crippen molar-refractivity contribution >= 4 is 11.6 Å². The standard InChI is InChI=1S/C33H51Cl/c1-4-6-8-26-9-13-27(14-10-26)24(3)32-22-21-31(23-33(32)34)30-19-17-29(18-20-30)28-15-11-25(7-5-2)12-16-28/h17-20,23-28,31-32H,4-16,21-22H2,1-3H3/t24?,25?,26?,27?,28?,31-,32+/m1/s1. The van der Waals surface area contributed by atoms with Gasteiger partial charge in [0.2, 0.25) is 0 Å². The van der Waals surface area contributed by atoms with E-state index in [0.29, 0.717) is 11.8 Å². The smallest absolute Gasteiger partial charge is 0.0181 e. The zero-order valence-corrected chi connectivity index (χ0v) is 23.2. The van der Waals surface area contributed by atoms with Crippen molar-refractivity contribution in [3.05, 3.63) is 46.5 Å². The molecule has 3 atom stereocenters. The van der Waals surface area contributed by atoms with Crippen LogP contribution in [-0.2, 0) is 0 Å². The molecule has 1 aromatic carbocycles. The Morgan fingerprint density at radius 1 is 0.735 bits per heavy atom. The third-order valence-electron chi connectivity index (χ3n) is 10.1. The van der Waals surface area contributed by atoms with Crippen molar-refractivity contribution in [3.8, 4) is 0 Å². The van der Waals surface area contributed by atoms with Gasteiger partial charge >= 0.3 is 0 Å². The van der Waals surface area contributed by atoms with Gasteiger partial charge in [0.05, 0.1) is 0 Å². The normalized spacial score (nSPS) is 33.4. The summed E-state index contributed by atoms with van der Waals surface area (Å²) < 4.78 is 0. The molecule has 0 heterocycles. The van der Waals surface area contributed by atoms with Crippen molar-refractivity contribution in [2.24, 2.45) is 29.6 Å². The molecule has 2 saturated carbocycles. The maximum Gasteiger partial charge on any atom is 0.0181 e. The van der Waals surface area contributed by atoms with Crippen LogP contribution in [0.15, 0.2) is 35.4 Å². The fraction of sp³-hybridized carbons (Fsp3) is 0.758. The average molecular weight is 483 g/mol. The fourth-order valence-electron chi connectivity index (χ4n) is 7.71. The first-order valence-electron chi connectivity index (χ1n) is 15.1. The van der Waals surface area contributed by atoms with Gasteiger partial charge in [-0.3, -0.25) is 0 Å². The molecular weight excluding hydrogens is 432 g/mol. The van der Waals surface area contributed by atoms with E-state index in [9.17, 15) is 0 Å². The van der Waals surface area contributed by atoms with E-state index in [1.807, 2.05) is 0 Å². The number of hydrogen-bond acceptors (Lipinski definition) is 0. The lowest BCUT2D eigenvalue weighted by molar-refractivity contribution is 0.167. The predicted octanol–water partition coefficient (Wildman–Crippen LogP) is 11.0. The van der Waals surface area contributed by atoms with Crippen molar-refractivity contribution < 1.29 is 0 Å². The molecule has 2 fully saturated rings. The summed E-state index contributed by atoms with van der Waals surface area (Å²) >= 11 is 6.99. The zero-order valence-electron chi connectivity index (χ0n) is 22.4. The third kappa shape index (κ3) is 6.72. The molecule has 0 bridgehead atoms. The van der Waals surface area contributed by atoms with Crippen LogP contribution < -0.4 is 0 Å². The SMILES string of the molecule is CCCCC1CCC(C(C)[C@@H]2CC[C@@H](c3ccc(C4CCC(CCC)CC4)cc3)C=C2Cl)CC1. The van der Waals surface area contributed by atoms with Crippen molar-refractivity contribution in [2.45, 2.75) is 129 Å². The monoisotopic (exact) mass is 482 g/mol. The van der Waals surface area contributed by atoms with Crippen LogP contribution in [-0.4, -0.2) is 0 Å². The molecule has 0 nitrogen and oxygen atoms in total. The van der Waals surface area contributed by atoms with Crippen molar-refractivity contribution in [3.63, 3.8) is 0 Å². The molecule has 34 heavy (non-hydrogen) atoms. The van der Waals surface area contributed by atoms with Gasteiger partial charge < -0.3 is 0 Å². The van der Waals surface area contributed by atoms with Crippen LogP contribution in [0.25, 0.3) is 0 Å². The maximum atomic E-state index is 6.99. The first-order valence-corrected chi connectivity index (χ1v) is 15.4. The lowest BCUT2D eigenvalue weighted by Gasteiger charge is -2.38. The minimum absolute atomic E-state index is 0.509. The quantitative estimate of drug-likeness (QED) is 0.328. The van der Waals surface area contributed by atoms with Crippen LogP contribution >= 0.6 is 11.6 Å². The summed E-state index contributed by atoms with van der Waals surface area (Å²) in [6.45, 7) is 7.16. The van der Waals surface area contributed by atoms with E-state index in [1.165, 1.54) is 102 Å². The van der Waals surface area contributed by atoms with Gasteiger partial charge in [-0.2, -0.15) is 0 Å². The van der Waals surface area contributed by atoms with Crippen molar-refractivity contribution in [1.29, 1.82) is 0 Å². The molecule has 190 valence electrons. The van der Waals surface area contributed by atoms with Gasteiger partial charge in [-0.05, 0) is 98.0 Å². The van der Waals surface area contributed by atoms with Crippen LogP contribution in [0.2, 0.25) is 0 Å². The Bertz CT molecular complexity index is 745. The second kappa shape index (κ2) is 13.0. The van der Waals surface area contributed by atoms with E-state index in [0.717, 1.165) is 34.6 Å². The summed E-state index contributed by atoms with van der Waals surface area (Å²) in [4.78, 5) is 0. The highest BCUT2D eigenvalue weighted by Gasteiger charge is 2.33. The second-order valence-corrected chi connectivity index (χ2v) is 12.7. The summed E-state index contributed by atoms with van der Waals surface area (Å²) in [5.74, 6) is 5.49. The predicted molar refractivity (Wildman–Crippen MR) is 150 cm³/mol. The Balaban J connectivity index is 1.29.